The van der Waals surface area contributed by atoms with E-state index >= 15 is 0 Å². The van der Waals surface area contributed by atoms with Gasteiger partial charge >= 0.3 is 5.97 Å². The number of carboxylic acid groups (broad SMARTS) is 1. The van der Waals surface area contributed by atoms with Gasteiger partial charge in [0.1, 0.15) is 12.4 Å². The predicted molar refractivity (Wildman–Crippen MR) is 81.4 cm³/mol. The molecule has 0 aliphatic rings. The van der Waals surface area contributed by atoms with E-state index in [0.717, 1.165) is 17.7 Å². The molecule has 0 radical (unpaired) electrons. The standard InChI is InChI=1S/C16H17NO4/c1-3-5-12-6-7-13(11-14(12)21-10-4-2)17-15(18)8-9-16(19)20/h3-4,6-9,11H,1-2,5,10H2,(H,17,18)(H,19,20). The summed E-state index contributed by atoms with van der Waals surface area (Å²) in [5.74, 6) is -1.08. The van der Waals surface area contributed by atoms with Gasteiger partial charge in [0.2, 0.25) is 5.91 Å². The maximum atomic E-state index is 11.5. The molecular formula is C16H17NO4. The quantitative estimate of drug-likeness (QED) is 0.569. The Morgan fingerprint density at radius 2 is 2.00 bits per heavy atom. The van der Waals surface area contributed by atoms with Crippen LogP contribution in [0, 0.1) is 0 Å². The summed E-state index contributed by atoms with van der Waals surface area (Å²) in [5.41, 5.74) is 1.45. The van der Waals surface area contributed by atoms with E-state index in [9.17, 15) is 9.59 Å². The zero-order valence-corrected chi connectivity index (χ0v) is 11.5. The third-order valence-corrected chi connectivity index (χ3v) is 2.43. The molecule has 0 saturated carbocycles. The summed E-state index contributed by atoms with van der Waals surface area (Å²) < 4.78 is 5.53. The zero-order chi connectivity index (χ0) is 15.7. The van der Waals surface area contributed by atoms with Gasteiger partial charge in [0.05, 0.1) is 0 Å². The molecule has 0 unspecified atom stereocenters. The number of carboxylic acids is 1. The molecule has 2 N–H and O–H groups in total. The van der Waals surface area contributed by atoms with Gasteiger partial charge in [0.25, 0.3) is 0 Å². The lowest BCUT2D eigenvalue weighted by molar-refractivity contribution is -0.131. The summed E-state index contributed by atoms with van der Waals surface area (Å²) >= 11 is 0. The van der Waals surface area contributed by atoms with Crippen molar-refractivity contribution in [3.8, 4) is 5.75 Å². The summed E-state index contributed by atoms with van der Waals surface area (Å²) in [4.78, 5) is 21.9. The fraction of sp³-hybridized carbons (Fsp3) is 0.125. The number of amides is 1. The molecule has 0 aliphatic carbocycles. The average molecular weight is 287 g/mol. The maximum absolute atomic E-state index is 11.5. The van der Waals surface area contributed by atoms with E-state index in [2.05, 4.69) is 18.5 Å². The second-order valence-corrected chi connectivity index (χ2v) is 4.08. The molecule has 1 rings (SSSR count). The van der Waals surface area contributed by atoms with E-state index in [4.69, 9.17) is 9.84 Å². The van der Waals surface area contributed by atoms with Crippen LogP contribution in [-0.2, 0) is 16.0 Å². The molecule has 0 heterocycles. The first-order chi connectivity index (χ1) is 10.1. The number of ether oxygens (including phenoxy) is 1. The van der Waals surface area contributed by atoms with Gasteiger partial charge < -0.3 is 15.2 Å². The Balaban J connectivity index is 2.88. The number of carbonyl (C=O) groups excluding carboxylic acids is 1. The number of hydrogen-bond acceptors (Lipinski definition) is 3. The first kappa shape index (κ1) is 16.2. The van der Waals surface area contributed by atoms with Gasteiger partial charge in [0.15, 0.2) is 0 Å². The van der Waals surface area contributed by atoms with Crippen LogP contribution >= 0.6 is 0 Å². The molecule has 21 heavy (non-hydrogen) atoms. The lowest BCUT2D eigenvalue weighted by atomic mass is 10.1. The lowest BCUT2D eigenvalue weighted by Crippen LogP contribution is -2.09. The first-order valence-corrected chi connectivity index (χ1v) is 6.26. The van der Waals surface area contributed by atoms with Gasteiger partial charge in [-0.1, -0.05) is 24.8 Å². The summed E-state index contributed by atoms with van der Waals surface area (Å²) in [6, 6.07) is 5.21. The molecule has 0 aromatic heterocycles. The van der Waals surface area contributed by atoms with Crippen LogP contribution < -0.4 is 10.1 Å². The molecule has 5 heteroatoms. The second kappa shape index (κ2) is 8.37. The minimum absolute atomic E-state index is 0.348. The van der Waals surface area contributed by atoms with Gasteiger partial charge in [0, 0.05) is 23.9 Å². The number of allylic oxidation sites excluding steroid dienone is 1. The van der Waals surface area contributed by atoms with Crippen LogP contribution in [-0.4, -0.2) is 23.6 Å². The highest BCUT2D eigenvalue weighted by Crippen LogP contribution is 2.24. The van der Waals surface area contributed by atoms with Crippen molar-refractivity contribution >= 4 is 17.6 Å². The van der Waals surface area contributed by atoms with Gasteiger partial charge in [-0.05, 0) is 18.1 Å². The van der Waals surface area contributed by atoms with Crippen LogP contribution in [0.5, 0.6) is 5.75 Å². The smallest absolute Gasteiger partial charge is 0.328 e. The minimum atomic E-state index is -1.18. The topological polar surface area (TPSA) is 75.6 Å². The molecule has 0 saturated heterocycles. The molecule has 0 fully saturated rings. The van der Waals surface area contributed by atoms with Gasteiger partial charge in [-0.3, -0.25) is 4.79 Å². The van der Waals surface area contributed by atoms with Crippen LogP contribution in [0.15, 0.2) is 55.7 Å². The van der Waals surface area contributed by atoms with Gasteiger partial charge in [-0.25, -0.2) is 4.79 Å². The second-order valence-electron chi connectivity index (χ2n) is 4.08. The summed E-state index contributed by atoms with van der Waals surface area (Å²) in [6.07, 6.45) is 5.74. The number of benzene rings is 1. The highest BCUT2D eigenvalue weighted by atomic mass is 16.5. The minimum Gasteiger partial charge on any atom is -0.489 e. The van der Waals surface area contributed by atoms with E-state index in [0.29, 0.717) is 24.5 Å². The van der Waals surface area contributed by atoms with Crippen LogP contribution in [0.3, 0.4) is 0 Å². The molecule has 1 aromatic carbocycles. The molecule has 110 valence electrons. The Kier molecular flexibility index (Phi) is 6.47. The van der Waals surface area contributed by atoms with E-state index in [1.807, 2.05) is 6.07 Å². The van der Waals surface area contributed by atoms with Crippen molar-refractivity contribution in [1.82, 2.24) is 0 Å². The highest BCUT2D eigenvalue weighted by Gasteiger charge is 2.06. The Labute approximate surface area is 123 Å². The van der Waals surface area contributed by atoms with Crippen molar-refractivity contribution in [3.63, 3.8) is 0 Å². The monoisotopic (exact) mass is 287 g/mol. The molecule has 5 nitrogen and oxygen atoms in total. The van der Waals surface area contributed by atoms with Crippen LogP contribution in [0.2, 0.25) is 0 Å². The number of rotatable bonds is 8. The Bertz CT molecular complexity index is 576. The van der Waals surface area contributed by atoms with Gasteiger partial charge in [-0.2, -0.15) is 0 Å². The van der Waals surface area contributed by atoms with E-state index in [1.54, 1.807) is 24.3 Å². The maximum Gasteiger partial charge on any atom is 0.328 e. The fourth-order valence-electron chi connectivity index (χ4n) is 1.57. The number of anilines is 1. The van der Waals surface area contributed by atoms with Crippen LogP contribution in [0.4, 0.5) is 5.69 Å². The largest absolute Gasteiger partial charge is 0.489 e. The molecule has 0 spiro atoms. The number of aliphatic carboxylic acids is 1. The van der Waals surface area contributed by atoms with E-state index in [-0.39, 0.29) is 0 Å². The molecule has 1 aromatic rings. The lowest BCUT2D eigenvalue weighted by Gasteiger charge is -2.11. The molecule has 1 amide bonds. The summed E-state index contributed by atoms with van der Waals surface area (Å²) in [7, 11) is 0. The molecule has 0 aliphatic heterocycles. The summed E-state index contributed by atoms with van der Waals surface area (Å²) in [6.45, 7) is 7.61. The summed E-state index contributed by atoms with van der Waals surface area (Å²) in [5, 5.41) is 11.0. The zero-order valence-electron chi connectivity index (χ0n) is 11.5. The van der Waals surface area contributed by atoms with Crippen molar-refractivity contribution in [2.24, 2.45) is 0 Å². The van der Waals surface area contributed by atoms with Crippen molar-refractivity contribution in [2.45, 2.75) is 6.42 Å². The molecule has 0 atom stereocenters. The van der Waals surface area contributed by atoms with Crippen molar-refractivity contribution < 1.29 is 19.4 Å². The Hall–Kier alpha value is -2.82. The third-order valence-electron chi connectivity index (χ3n) is 2.43. The SMILES string of the molecule is C=CCOc1cc(NC(=O)C=CC(=O)O)ccc1CC=C. The molecular weight excluding hydrogens is 270 g/mol. The third kappa shape index (κ3) is 5.78. The first-order valence-electron chi connectivity index (χ1n) is 6.26. The highest BCUT2D eigenvalue weighted by molar-refractivity contribution is 6.02. The van der Waals surface area contributed by atoms with E-state index < -0.39 is 11.9 Å². The number of carbonyl (C=O) groups is 2. The normalized spacial score (nSPS) is 10.1. The predicted octanol–water partition coefficient (Wildman–Crippen LogP) is 2.56. The number of hydrogen-bond donors (Lipinski definition) is 2. The van der Waals surface area contributed by atoms with Crippen molar-refractivity contribution in [3.05, 3.63) is 61.2 Å². The van der Waals surface area contributed by atoms with Crippen molar-refractivity contribution in [2.75, 3.05) is 11.9 Å². The number of nitrogens with one attached hydrogen (secondary N) is 1. The molecule has 0 bridgehead atoms. The van der Waals surface area contributed by atoms with E-state index in [1.165, 1.54) is 0 Å². The van der Waals surface area contributed by atoms with Crippen molar-refractivity contribution in [1.29, 1.82) is 0 Å². The average Bonchev–Trinajstić information content (AvgIpc) is 2.45. The Morgan fingerprint density at radius 1 is 1.24 bits per heavy atom. The Morgan fingerprint density at radius 3 is 2.62 bits per heavy atom. The van der Waals surface area contributed by atoms with Gasteiger partial charge in [-0.15, -0.1) is 6.58 Å². The van der Waals surface area contributed by atoms with Crippen LogP contribution in [0.25, 0.3) is 0 Å². The van der Waals surface area contributed by atoms with Crippen LogP contribution in [0.1, 0.15) is 5.56 Å². The fourth-order valence-corrected chi connectivity index (χ4v) is 1.57.